The first kappa shape index (κ1) is 26.5. The van der Waals surface area contributed by atoms with Gasteiger partial charge in [0, 0.05) is 32.2 Å². The Kier molecular flexibility index (Phi) is 12.1. The van der Waals surface area contributed by atoms with E-state index >= 15 is 0 Å². The molecule has 7 heteroatoms. The number of nitrogens with one attached hydrogen (secondary N) is 2. The largest absolute Gasteiger partial charge is 0.444 e. The molecule has 0 saturated carbocycles. The van der Waals surface area contributed by atoms with Crippen molar-refractivity contribution in [1.29, 1.82) is 0 Å². The minimum Gasteiger partial charge on any atom is -0.444 e. The standard InChI is InChI=1S/C23H47N5O2/c1-8-24-21(26-19(4)12-11-15-27(9-2)10-3)25-18-20-13-16-28(17-14-20)22(29)30-23(5,6)7/h19-20H,8-18H2,1-7H3,(H2,24,25,26). The molecule has 2 N–H and O–H groups in total. The summed E-state index contributed by atoms with van der Waals surface area (Å²) in [5, 5.41) is 6.93. The van der Waals surface area contributed by atoms with Gasteiger partial charge in [0.1, 0.15) is 5.60 Å². The summed E-state index contributed by atoms with van der Waals surface area (Å²) in [4.78, 5) is 21.3. The highest BCUT2D eigenvalue weighted by Crippen LogP contribution is 2.20. The quantitative estimate of drug-likeness (QED) is 0.413. The first-order chi connectivity index (χ1) is 14.2. The minimum absolute atomic E-state index is 0.196. The van der Waals surface area contributed by atoms with Gasteiger partial charge in [-0.1, -0.05) is 13.8 Å². The molecule has 0 aromatic rings. The van der Waals surface area contributed by atoms with Crippen LogP contribution in [0.15, 0.2) is 4.99 Å². The Morgan fingerprint density at radius 1 is 1.20 bits per heavy atom. The van der Waals surface area contributed by atoms with Crippen LogP contribution in [-0.2, 0) is 4.74 Å². The van der Waals surface area contributed by atoms with E-state index in [1.54, 1.807) is 0 Å². The Hall–Kier alpha value is -1.50. The molecule has 1 heterocycles. The monoisotopic (exact) mass is 425 g/mol. The lowest BCUT2D eigenvalue weighted by atomic mass is 9.97. The van der Waals surface area contributed by atoms with Crippen molar-refractivity contribution in [3.05, 3.63) is 0 Å². The van der Waals surface area contributed by atoms with Crippen LogP contribution in [0.4, 0.5) is 4.79 Å². The number of guanidine groups is 1. The van der Waals surface area contributed by atoms with Crippen molar-refractivity contribution in [2.75, 3.05) is 45.8 Å². The number of hydrogen-bond donors (Lipinski definition) is 2. The van der Waals surface area contributed by atoms with Crippen molar-refractivity contribution in [3.8, 4) is 0 Å². The molecule has 1 atom stereocenters. The number of carbonyl (C=O) groups is 1. The third-order valence-corrected chi connectivity index (χ3v) is 5.51. The molecule has 1 amide bonds. The number of ether oxygens (including phenoxy) is 1. The smallest absolute Gasteiger partial charge is 0.410 e. The summed E-state index contributed by atoms with van der Waals surface area (Å²) in [5.74, 6) is 1.42. The molecule has 0 aromatic carbocycles. The zero-order valence-electron chi connectivity index (χ0n) is 20.6. The number of amides is 1. The van der Waals surface area contributed by atoms with Gasteiger partial charge in [0.15, 0.2) is 5.96 Å². The molecule has 1 fully saturated rings. The van der Waals surface area contributed by atoms with E-state index in [1.807, 2.05) is 25.7 Å². The summed E-state index contributed by atoms with van der Waals surface area (Å²) in [6, 6.07) is 0.396. The lowest BCUT2D eigenvalue weighted by Gasteiger charge is -2.33. The predicted molar refractivity (Wildman–Crippen MR) is 126 cm³/mol. The molecule has 0 spiro atoms. The second-order valence-electron chi connectivity index (χ2n) is 9.34. The molecule has 1 aliphatic rings. The van der Waals surface area contributed by atoms with Gasteiger partial charge in [-0.2, -0.15) is 0 Å². The first-order valence-electron chi connectivity index (χ1n) is 11.9. The Balaban J connectivity index is 2.41. The van der Waals surface area contributed by atoms with Gasteiger partial charge in [-0.25, -0.2) is 4.79 Å². The van der Waals surface area contributed by atoms with Gasteiger partial charge in [0.05, 0.1) is 0 Å². The molecule has 0 radical (unpaired) electrons. The maximum Gasteiger partial charge on any atom is 0.410 e. The van der Waals surface area contributed by atoms with Crippen molar-refractivity contribution in [2.45, 2.75) is 85.8 Å². The molecule has 7 nitrogen and oxygen atoms in total. The number of carbonyl (C=O) groups excluding carboxylic acids is 1. The third kappa shape index (κ3) is 11.0. The second kappa shape index (κ2) is 13.7. The molecule has 30 heavy (non-hydrogen) atoms. The number of likely N-dealkylation sites (tertiary alicyclic amines) is 1. The van der Waals surface area contributed by atoms with Crippen molar-refractivity contribution < 1.29 is 9.53 Å². The normalized spacial score (nSPS) is 17.2. The van der Waals surface area contributed by atoms with Gasteiger partial charge in [-0.05, 0) is 85.9 Å². The van der Waals surface area contributed by atoms with Crippen LogP contribution in [0.3, 0.4) is 0 Å². The first-order valence-corrected chi connectivity index (χ1v) is 11.9. The highest BCUT2D eigenvalue weighted by Gasteiger charge is 2.26. The summed E-state index contributed by atoms with van der Waals surface area (Å²) in [7, 11) is 0. The summed E-state index contributed by atoms with van der Waals surface area (Å²) in [5.41, 5.74) is -0.438. The van der Waals surface area contributed by atoms with E-state index in [0.717, 1.165) is 71.0 Å². The van der Waals surface area contributed by atoms with E-state index in [2.05, 4.69) is 43.2 Å². The highest BCUT2D eigenvalue weighted by atomic mass is 16.6. The summed E-state index contributed by atoms with van der Waals surface area (Å²) < 4.78 is 5.48. The average molecular weight is 426 g/mol. The van der Waals surface area contributed by atoms with Crippen LogP contribution in [0.2, 0.25) is 0 Å². The van der Waals surface area contributed by atoms with E-state index in [0.29, 0.717) is 12.0 Å². The van der Waals surface area contributed by atoms with Gasteiger partial charge >= 0.3 is 6.09 Å². The molecule has 0 aromatic heterocycles. The lowest BCUT2D eigenvalue weighted by Crippen LogP contribution is -2.44. The Labute approximate surface area is 185 Å². The Morgan fingerprint density at radius 3 is 2.37 bits per heavy atom. The molecule has 1 unspecified atom stereocenters. The van der Waals surface area contributed by atoms with Crippen molar-refractivity contribution >= 4 is 12.1 Å². The highest BCUT2D eigenvalue weighted by molar-refractivity contribution is 5.80. The second-order valence-corrected chi connectivity index (χ2v) is 9.34. The summed E-state index contributed by atoms with van der Waals surface area (Å²) in [6.07, 6.45) is 4.08. The van der Waals surface area contributed by atoms with E-state index in [-0.39, 0.29) is 6.09 Å². The van der Waals surface area contributed by atoms with E-state index in [4.69, 9.17) is 9.73 Å². The van der Waals surface area contributed by atoms with Gasteiger partial charge < -0.3 is 25.2 Å². The molecule has 176 valence electrons. The van der Waals surface area contributed by atoms with E-state index in [1.165, 1.54) is 6.42 Å². The van der Waals surface area contributed by atoms with Gasteiger partial charge in [0.25, 0.3) is 0 Å². The van der Waals surface area contributed by atoms with Gasteiger partial charge in [-0.3, -0.25) is 4.99 Å². The van der Waals surface area contributed by atoms with Crippen molar-refractivity contribution in [1.82, 2.24) is 20.4 Å². The van der Waals surface area contributed by atoms with Crippen molar-refractivity contribution in [3.63, 3.8) is 0 Å². The van der Waals surface area contributed by atoms with Gasteiger partial charge in [0.2, 0.25) is 0 Å². The fraction of sp³-hybridized carbons (Fsp3) is 0.913. The fourth-order valence-corrected chi connectivity index (χ4v) is 3.63. The van der Waals surface area contributed by atoms with Crippen LogP contribution in [0.1, 0.15) is 74.1 Å². The maximum atomic E-state index is 12.2. The molecular weight excluding hydrogens is 378 g/mol. The molecule has 1 rings (SSSR count). The van der Waals surface area contributed by atoms with Crippen LogP contribution in [0.5, 0.6) is 0 Å². The predicted octanol–water partition coefficient (Wildman–Crippen LogP) is 3.70. The number of hydrogen-bond acceptors (Lipinski definition) is 4. The van der Waals surface area contributed by atoms with Gasteiger partial charge in [-0.15, -0.1) is 0 Å². The van der Waals surface area contributed by atoms with Crippen LogP contribution in [0, 0.1) is 5.92 Å². The van der Waals surface area contributed by atoms with Crippen molar-refractivity contribution in [2.24, 2.45) is 10.9 Å². The van der Waals surface area contributed by atoms with E-state index < -0.39 is 5.60 Å². The maximum absolute atomic E-state index is 12.2. The number of aliphatic imine (C=N–C) groups is 1. The molecule has 0 bridgehead atoms. The van der Waals surface area contributed by atoms with Crippen LogP contribution < -0.4 is 10.6 Å². The molecular formula is C23H47N5O2. The summed E-state index contributed by atoms with van der Waals surface area (Å²) >= 11 is 0. The van der Waals surface area contributed by atoms with Crippen LogP contribution in [-0.4, -0.2) is 79.3 Å². The summed E-state index contributed by atoms with van der Waals surface area (Å²) in [6.45, 7) is 21.0. The topological polar surface area (TPSA) is 69.2 Å². The number of rotatable bonds is 10. The Morgan fingerprint density at radius 2 is 1.83 bits per heavy atom. The molecule has 1 saturated heterocycles. The third-order valence-electron chi connectivity index (χ3n) is 5.51. The average Bonchev–Trinajstić information content (AvgIpc) is 2.68. The Bertz CT molecular complexity index is 506. The van der Waals surface area contributed by atoms with E-state index in [9.17, 15) is 4.79 Å². The number of piperidine rings is 1. The number of nitrogens with zero attached hydrogens (tertiary/aromatic N) is 3. The fourth-order valence-electron chi connectivity index (χ4n) is 3.63. The zero-order valence-corrected chi connectivity index (χ0v) is 20.6. The molecule has 1 aliphatic heterocycles. The molecule has 0 aliphatic carbocycles. The zero-order chi connectivity index (χ0) is 22.6. The van der Waals surface area contributed by atoms with Crippen LogP contribution in [0.25, 0.3) is 0 Å². The minimum atomic E-state index is -0.438. The lowest BCUT2D eigenvalue weighted by molar-refractivity contribution is 0.0187. The SMILES string of the molecule is CCNC(=NCC1CCN(C(=O)OC(C)(C)C)CC1)NC(C)CCCN(CC)CC. The van der Waals surface area contributed by atoms with Crippen LogP contribution >= 0.6 is 0 Å².